The van der Waals surface area contributed by atoms with E-state index in [1.807, 2.05) is 0 Å². The van der Waals surface area contributed by atoms with Crippen molar-refractivity contribution in [2.24, 2.45) is 0 Å². The molecule has 1 aliphatic heterocycles. The van der Waals surface area contributed by atoms with Crippen LogP contribution in [0, 0.1) is 10.1 Å². The van der Waals surface area contributed by atoms with E-state index < -0.39 is 10.8 Å². The first kappa shape index (κ1) is 19.7. The minimum absolute atomic E-state index is 0.0875. The minimum atomic E-state index is -0.560. The Kier molecular flexibility index (Phi) is 6.51. The second kappa shape index (κ2) is 9.25. The van der Waals surface area contributed by atoms with E-state index in [-0.39, 0.29) is 22.5 Å². The third-order valence-electron chi connectivity index (χ3n) is 4.12. The molecule has 0 aliphatic carbocycles. The maximum absolute atomic E-state index is 12.2. The van der Waals surface area contributed by atoms with Gasteiger partial charge in [-0.25, -0.2) is 0 Å². The Morgan fingerprint density at radius 3 is 2.75 bits per heavy atom. The van der Waals surface area contributed by atoms with Gasteiger partial charge in [0.05, 0.1) is 11.0 Å². The number of nitrogens with one attached hydrogen (secondary N) is 2. The zero-order chi connectivity index (χ0) is 19.9. The first-order valence-electron chi connectivity index (χ1n) is 8.72. The summed E-state index contributed by atoms with van der Waals surface area (Å²) < 4.78 is 11.2. The third-order valence-corrected chi connectivity index (χ3v) is 4.32. The highest BCUT2D eigenvalue weighted by molar-refractivity contribution is 7.80. The van der Waals surface area contributed by atoms with Gasteiger partial charge in [0.25, 0.3) is 11.6 Å². The molecule has 28 heavy (non-hydrogen) atoms. The molecule has 0 saturated carbocycles. The molecule has 2 aromatic rings. The standard InChI is InChI=1S/C19H19N3O5S/c23-18(13-3-1-4-15(11-13)22(24)25)21-19(28)20-14-6-8-16(9-7-14)27-12-17-5-2-10-26-17/h1,3-4,6-9,11,17H,2,5,10,12H2,(H2,20,21,23,28)/t17-/m1/s1. The van der Waals surface area contributed by atoms with Crippen molar-refractivity contribution in [3.63, 3.8) is 0 Å². The molecule has 3 rings (SSSR count). The van der Waals surface area contributed by atoms with Gasteiger partial charge < -0.3 is 14.8 Å². The van der Waals surface area contributed by atoms with Crippen molar-refractivity contribution in [3.8, 4) is 5.75 Å². The van der Waals surface area contributed by atoms with Crippen molar-refractivity contribution in [2.45, 2.75) is 18.9 Å². The van der Waals surface area contributed by atoms with E-state index >= 15 is 0 Å². The molecule has 0 unspecified atom stereocenters. The lowest BCUT2D eigenvalue weighted by atomic mass is 10.2. The number of amides is 1. The van der Waals surface area contributed by atoms with Crippen molar-refractivity contribution in [1.82, 2.24) is 5.32 Å². The van der Waals surface area contributed by atoms with Crippen LogP contribution >= 0.6 is 12.2 Å². The Hall–Kier alpha value is -3.04. The first-order chi connectivity index (χ1) is 13.5. The Morgan fingerprint density at radius 1 is 1.29 bits per heavy atom. The SMILES string of the molecule is O=C(NC(=S)Nc1ccc(OC[C@H]2CCCO2)cc1)c1cccc([N+](=O)[O-])c1. The van der Waals surface area contributed by atoms with E-state index in [4.69, 9.17) is 21.7 Å². The lowest BCUT2D eigenvalue weighted by molar-refractivity contribution is -0.384. The fourth-order valence-corrected chi connectivity index (χ4v) is 2.91. The van der Waals surface area contributed by atoms with Crippen LogP contribution < -0.4 is 15.4 Å². The van der Waals surface area contributed by atoms with Crippen LogP contribution in [0.15, 0.2) is 48.5 Å². The van der Waals surface area contributed by atoms with Crippen molar-refractivity contribution in [2.75, 3.05) is 18.5 Å². The number of carbonyl (C=O) groups excluding carboxylic acids is 1. The number of rotatable bonds is 6. The van der Waals surface area contributed by atoms with Crippen LogP contribution in [0.5, 0.6) is 5.75 Å². The van der Waals surface area contributed by atoms with Gasteiger partial charge in [0, 0.05) is 30.0 Å². The Bertz CT molecular complexity index is 866. The zero-order valence-electron chi connectivity index (χ0n) is 14.9. The minimum Gasteiger partial charge on any atom is -0.491 e. The first-order valence-corrected chi connectivity index (χ1v) is 9.13. The number of hydrogen-bond acceptors (Lipinski definition) is 6. The largest absolute Gasteiger partial charge is 0.491 e. The topological polar surface area (TPSA) is 103 Å². The molecular formula is C19H19N3O5S. The summed E-state index contributed by atoms with van der Waals surface area (Å²) in [5.41, 5.74) is 0.662. The summed E-state index contributed by atoms with van der Waals surface area (Å²) in [6.45, 7) is 1.31. The number of ether oxygens (including phenoxy) is 2. The molecule has 0 spiro atoms. The smallest absolute Gasteiger partial charge is 0.270 e. The van der Waals surface area contributed by atoms with Crippen LogP contribution in [0.1, 0.15) is 23.2 Å². The Morgan fingerprint density at radius 2 is 2.07 bits per heavy atom. The molecule has 1 saturated heterocycles. The average Bonchev–Trinajstić information content (AvgIpc) is 3.21. The molecule has 1 aliphatic rings. The maximum Gasteiger partial charge on any atom is 0.270 e. The van der Waals surface area contributed by atoms with Gasteiger partial charge in [0.15, 0.2) is 5.11 Å². The molecule has 9 heteroatoms. The van der Waals surface area contributed by atoms with E-state index in [0.29, 0.717) is 18.0 Å². The van der Waals surface area contributed by atoms with E-state index in [0.717, 1.165) is 19.4 Å². The molecular weight excluding hydrogens is 382 g/mol. The zero-order valence-corrected chi connectivity index (χ0v) is 15.7. The number of benzene rings is 2. The summed E-state index contributed by atoms with van der Waals surface area (Å²) in [7, 11) is 0. The normalized spacial score (nSPS) is 15.6. The van der Waals surface area contributed by atoms with Crippen molar-refractivity contribution in [1.29, 1.82) is 0 Å². The van der Waals surface area contributed by atoms with E-state index in [9.17, 15) is 14.9 Å². The number of hydrogen-bond donors (Lipinski definition) is 2. The average molecular weight is 401 g/mol. The molecule has 0 bridgehead atoms. The van der Waals surface area contributed by atoms with E-state index in [1.54, 1.807) is 24.3 Å². The third kappa shape index (κ3) is 5.48. The van der Waals surface area contributed by atoms with Gasteiger partial charge in [0.1, 0.15) is 12.4 Å². The highest BCUT2D eigenvalue weighted by Gasteiger charge is 2.16. The fraction of sp³-hybridized carbons (Fsp3) is 0.263. The van der Waals surface area contributed by atoms with Crippen LogP contribution in [-0.4, -0.2) is 35.3 Å². The number of nitro benzene ring substituents is 1. The second-order valence-corrected chi connectivity index (χ2v) is 6.59. The maximum atomic E-state index is 12.2. The molecule has 8 nitrogen and oxygen atoms in total. The Labute approximate surface area is 167 Å². The fourth-order valence-electron chi connectivity index (χ4n) is 2.70. The summed E-state index contributed by atoms with van der Waals surface area (Å²) in [6.07, 6.45) is 2.23. The summed E-state index contributed by atoms with van der Waals surface area (Å²) in [5, 5.41) is 16.3. The summed E-state index contributed by atoms with van der Waals surface area (Å²) in [6, 6.07) is 12.6. The second-order valence-electron chi connectivity index (χ2n) is 6.19. The van der Waals surface area contributed by atoms with Crippen molar-refractivity contribution < 1.29 is 19.2 Å². The highest BCUT2D eigenvalue weighted by atomic mass is 32.1. The van der Waals surface area contributed by atoms with Crippen LogP contribution in [0.25, 0.3) is 0 Å². The van der Waals surface area contributed by atoms with Gasteiger partial charge in [0.2, 0.25) is 0 Å². The summed E-state index contributed by atoms with van der Waals surface area (Å²) in [5.74, 6) is 0.185. The van der Waals surface area contributed by atoms with Crippen LogP contribution in [0.2, 0.25) is 0 Å². The number of carbonyl (C=O) groups is 1. The van der Waals surface area contributed by atoms with Crippen LogP contribution in [0.3, 0.4) is 0 Å². The van der Waals surface area contributed by atoms with Gasteiger partial charge >= 0.3 is 0 Å². The van der Waals surface area contributed by atoms with Crippen LogP contribution in [-0.2, 0) is 4.74 Å². The molecule has 2 aromatic carbocycles. The van der Waals surface area contributed by atoms with Gasteiger partial charge in [-0.1, -0.05) is 6.07 Å². The van der Waals surface area contributed by atoms with Gasteiger partial charge in [-0.2, -0.15) is 0 Å². The van der Waals surface area contributed by atoms with Crippen LogP contribution in [0.4, 0.5) is 11.4 Å². The van der Waals surface area contributed by atoms with Crippen molar-refractivity contribution in [3.05, 3.63) is 64.2 Å². The molecule has 1 heterocycles. The number of thiocarbonyl (C=S) groups is 1. The van der Waals surface area contributed by atoms with Gasteiger partial charge in [-0.15, -0.1) is 0 Å². The summed E-state index contributed by atoms with van der Waals surface area (Å²) in [4.78, 5) is 22.4. The molecule has 1 atom stereocenters. The molecule has 2 N–H and O–H groups in total. The Balaban J connectivity index is 1.50. The lowest BCUT2D eigenvalue weighted by Gasteiger charge is -2.13. The number of anilines is 1. The molecule has 146 valence electrons. The highest BCUT2D eigenvalue weighted by Crippen LogP contribution is 2.18. The van der Waals surface area contributed by atoms with E-state index in [2.05, 4.69) is 10.6 Å². The number of non-ortho nitro benzene ring substituents is 1. The quantitative estimate of drug-likeness (QED) is 0.435. The number of nitrogens with zero attached hydrogens (tertiary/aromatic N) is 1. The van der Waals surface area contributed by atoms with E-state index in [1.165, 1.54) is 24.3 Å². The molecule has 0 aromatic heterocycles. The molecule has 0 radical (unpaired) electrons. The molecule has 1 fully saturated rings. The predicted octanol–water partition coefficient (Wildman–Crippen LogP) is 3.28. The predicted molar refractivity (Wildman–Crippen MR) is 108 cm³/mol. The van der Waals surface area contributed by atoms with Gasteiger partial charge in [-0.3, -0.25) is 20.2 Å². The molecule has 1 amide bonds. The van der Waals surface area contributed by atoms with Crippen molar-refractivity contribution >= 4 is 34.6 Å². The lowest BCUT2D eigenvalue weighted by Crippen LogP contribution is -2.34. The summed E-state index contributed by atoms with van der Waals surface area (Å²) >= 11 is 5.13. The number of nitro groups is 1. The monoisotopic (exact) mass is 401 g/mol. The van der Waals surface area contributed by atoms with Gasteiger partial charge in [-0.05, 0) is 55.4 Å².